The third-order valence-corrected chi connectivity index (χ3v) is 9.15. The van der Waals surface area contributed by atoms with Crippen molar-refractivity contribution in [2.24, 2.45) is 0 Å². The maximum atomic E-state index is 12.9. The fourth-order valence-electron chi connectivity index (χ4n) is 2.89. The van der Waals surface area contributed by atoms with Crippen molar-refractivity contribution in [2.75, 3.05) is 13.1 Å². The number of hydrogen-bond acceptors (Lipinski definition) is 5. The van der Waals surface area contributed by atoms with E-state index in [2.05, 4.69) is 4.72 Å². The smallest absolute Gasteiger partial charge is 0.207 e. The van der Waals surface area contributed by atoms with Gasteiger partial charge >= 0.3 is 6.18 Å². The summed E-state index contributed by atoms with van der Waals surface area (Å²) in [4.78, 5) is -0.431. The van der Waals surface area contributed by atoms with Crippen molar-refractivity contribution >= 4 is 31.4 Å². The summed E-state index contributed by atoms with van der Waals surface area (Å²) in [6, 6.07) is 6.24. The second-order valence-corrected chi connectivity index (χ2v) is 11.1. The second kappa shape index (κ2) is 7.75. The number of piperidine rings is 1. The Balaban J connectivity index is 1.69. The molecule has 2 heterocycles. The summed E-state index contributed by atoms with van der Waals surface area (Å²) in [6.45, 7) is 0.0202. The van der Waals surface area contributed by atoms with Gasteiger partial charge in [0.15, 0.2) is 0 Å². The molecule has 0 atom stereocenters. The highest BCUT2D eigenvalue weighted by atomic mass is 32.2. The van der Waals surface area contributed by atoms with Gasteiger partial charge in [-0.3, -0.25) is 0 Å². The zero-order chi connectivity index (χ0) is 20.6. The first-order chi connectivity index (χ1) is 13.0. The first-order valence-corrected chi connectivity index (χ1v) is 12.0. The number of nitrogens with one attached hydrogen (secondary N) is 1. The molecule has 2 aromatic rings. The maximum absolute atomic E-state index is 12.9. The second-order valence-electron chi connectivity index (χ2n) is 6.26. The fraction of sp³-hybridized carbons (Fsp3) is 0.375. The SMILES string of the molecule is O=S(=O)(NC1CCN(S(=O)(=O)c2cccc(C(F)(F)F)c2)CC1)c1cccs1. The molecule has 12 heteroatoms. The lowest BCUT2D eigenvalue weighted by Crippen LogP contribution is -2.46. The third-order valence-electron chi connectivity index (χ3n) is 4.33. The molecule has 3 rings (SSSR count). The molecule has 0 bridgehead atoms. The normalized spacial score (nSPS) is 17.7. The van der Waals surface area contributed by atoms with Gasteiger partial charge in [0.25, 0.3) is 0 Å². The Kier molecular flexibility index (Phi) is 5.88. The van der Waals surface area contributed by atoms with Crippen LogP contribution in [-0.4, -0.2) is 40.3 Å². The molecule has 6 nitrogen and oxygen atoms in total. The third kappa shape index (κ3) is 4.57. The molecule has 0 amide bonds. The van der Waals surface area contributed by atoms with Crippen LogP contribution in [0.15, 0.2) is 50.9 Å². The van der Waals surface area contributed by atoms with Crippen LogP contribution in [0.5, 0.6) is 0 Å². The first kappa shape index (κ1) is 21.2. The van der Waals surface area contributed by atoms with E-state index in [1.807, 2.05) is 0 Å². The van der Waals surface area contributed by atoms with Gasteiger partial charge in [-0.1, -0.05) is 12.1 Å². The Bertz CT molecular complexity index is 1030. The molecule has 1 aromatic carbocycles. The molecule has 0 aliphatic carbocycles. The quantitative estimate of drug-likeness (QED) is 0.753. The average molecular weight is 455 g/mol. The van der Waals surface area contributed by atoms with Crippen LogP contribution in [-0.2, 0) is 26.2 Å². The molecular formula is C16H17F3N2O4S3. The minimum absolute atomic E-state index is 0.0101. The van der Waals surface area contributed by atoms with E-state index in [-0.39, 0.29) is 30.1 Å². The molecule has 1 N–H and O–H groups in total. The van der Waals surface area contributed by atoms with Crippen molar-refractivity contribution in [1.29, 1.82) is 0 Å². The van der Waals surface area contributed by atoms with Crippen LogP contribution in [0.1, 0.15) is 18.4 Å². The van der Waals surface area contributed by atoms with E-state index >= 15 is 0 Å². The van der Waals surface area contributed by atoms with Crippen molar-refractivity contribution in [1.82, 2.24) is 9.03 Å². The van der Waals surface area contributed by atoms with Crippen molar-refractivity contribution in [3.05, 3.63) is 47.3 Å². The molecule has 1 aliphatic rings. The van der Waals surface area contributed by atoms with E-state index < -0.39 is 42.7 Å². The molecule has 1 saturated heterocycles. The number of alkyl halides is 3. The number of benzene rings is 1. The number of hydrogen-bond donors (Lipinski definition) is 1. The van der Waals surface area contributed by atoms with Crippen LogP contribution in [0.3, 0.4) is 0 Å². The van der Waals surface area contributed by atoms with Gasteiger partial charge in [-0.15, -0.1) is 11.3 Å². The van der Waals surface area contributed by atoms with Crippen molar-refractivity contribution < 1.29 is 30.0 Å². The van der Waals surface area contributed by atoms with Crippen LogP contribution in [0.2, 0.25) is 0 Å². The summed E-state index contributed by atoms with van der Waals surface area (Å²) < 4.78 is 92.2. The molecule has 28 heavy (non-hydrogen) atoms. The van der Waals surface area contributed by atoms with Crippen molar-refractivity contribution in [3.63, 3.8) is 0 Å². The van der Waals surface area contributed by atoms with Gasteiger partial charge in [-0.05, 0) is 42.5 Å². The molecule has 1 fully saturated rings. The highest BCUT2D eigenvalue weighted by Crippen LogP contribution is 2.31. The number of halogens is 3. The number of nitrogens with zero attached hydrogens (tertiary/aromatic N) is 1. The predicted octanol–water partition coefficient (Wildman–Crippen LogP) is 2.90. The molecule has 154 valence electrons. The van der Waals surface area contributed by atoms with E-state index in [4.69, 9.17) is 0 Å². The summed E-state index contributed by atoms with van der Waals surface area (Å²) in [6.07, 6.45) is -4.19. The predicted molar refractivity (Wildman–Crippen MR) is 97.9 cm³/mol. The molecule has 0 saturated carbocycles. The van der Waals surface area contributed by atoms with E-state index in [1.54, 1.807) is 11.4 Å². The van der Waals surface area contributed by atoms with Crippen LogP contribution < -0.4 is 4.72 Å². The molecule has 0 spiro atoms. The molecule has 1 aliphatic heterocycles. The number of thiophene rings is 1. The summed E-state index contributed by atoms with van der Waals surface area (Å²) in [7, 11) is -7.77. The Morgan fingerprint density at radius 2 is 1.71 bits per heavy atom. The van der Waals surface area contributed by atoms with Crippen molar-refractivity contribution in [2.45, 2.75) is 34.2 Å². The van der Waals surface area contributed by atoms with Crippen LogP contribution >= 0.6 is 11.3 Å². The first-order valence-electron chi connectivity index (χ1n) is 8.23. The lowest BCUT2D eigenvalue weighted by Gasteiger charge is -2.31. The van der Waals surface area contributed by atoms with E-state index in [1.165, 1.54) is 6.07 Å². The Morgan fingerprint density at radius 3 is 2.29 bits per heavy atom. The maximum Gasteiger partial charge on any atom is 0.416 e. The lowest BCUT2D eigenvalue weighted by atomic mass is 10.1. The van der Waals surface area contributed by atoms with E-state index in [0.29, 0.717) is 6.07 Å². The Morgan fingerprint density at radius 1 is 1.04 bits per heavy atom. The molecule has 0 radical (unpaired) electrons. The number of sulfonamides is 2. The standard InChI is InChI=1S/C16H17F3N2O4S3/c17-16(18,19)12-3-1-4-14(11-12)28(24,25)21-8-6-13(7-9-21)20-27(22,23)15-5-2-10-26-15/h1-5,10-11,13,20H,6-9H2. The molecule has 0 unspecified atom stereocenters. The summed E-state index contributed by atoms with van der Waals surface area (Å²) in [5.41, 5.74) is -1.04. The minimum Gasteiger partial charge on any atom is -0.207 e. The highest BCUT2D eigenvalue weighted by Gasteiger charge is 2.35. The van der Waals surface area contributed by atoms with E-state index in [9.17, 15) is 30.0 Å². The lowest BCUT2D eigenvalue weighted by molar-refractivity contribution is -0.137. The van der Waals surface area contributed by atoms with Gasteiger partial charge < -0.3 is 0 Å². The van der Waals surface area contributed by atoms with Gasteiger partial charge in [-0.25, -0.2) is 21.6 Å². The Labute approximate surface area is 165 Å². The van der Waals surface area contributed by atoms with Crippen molar-refractivity contribution in [3.8, 4) is 0 Å². The summed E-state index contributed by atoms with van der Waals surface area (Å²) in [5, 5.41) is 1.64. The largest absolute Gasteiger partial charge is 0.416 e. The summed E-state index contributed by atoms with van der Waals surface area (Å²) in [5.74, 6) is 0. The van der Waals surface area contributed by atoms with Crippen LogP contribution in [0.25, 0.3) is 0 Å². The zero-order valence-corrected chi connectivity index (χ0v) is 16.8. The topological polar surface area (TPSA) is 83.6 Å². The Hall–Kier alpha value is -1.47. The van der Waals surface area contributed by atoms with Gasteiger partial charge in [0.2, 0.25) is 20.0 Å². The molecule has 1 aromatic heterocycles. The van der Waals surface area contributed by atoms with Gasteiger partial charge in [0.1, 0.15) is 4.21 Å². The van der Waals surface area contributed by atoms with Crippen LogP contribution in [0, 0.1) is 0 Å². The number of rotatable bonds is 5. The monoisotopic (exact) mass is 454 g/mol. The van der Waals surface area contributed by atoms with Gasteiger partial charge in [0, 0.05) is 19.1 Å². The van der Waals surface area contributed by atoms with Gasteiger partial charge in [-0.2, -0.15) is 17.5 Å². The summed E-state index contributed by atoms with van der Waals surface area (Å²) >= 11 is 1.08. The fourth-order valence-corrected chi connectivity index (χ4v) is 6.72. The van der Waals surface area contributed by atoms with E-state index in [0.717, 1.165) is 33.8 Å². The minimum atomic E-state index is -4.64. The zero-order valence-electron chi connectivity index (χ0n) is 14.4. The highest BCUT2D eigenvalue weighted by molar-refractivity contribution is 7.91. The molecular weight excluding hydrogens is 437 g/mol. The van der Waals surface area contributed by atoms with Crippen LogP contribution in [0.4, 0.5) is 13.2 Å². The van der Waals surface area contributed by atoms with Gasteiger partial charge in [0.05, 0.1) is 10.5 Å². The average Bonchev–Trinajstić information content (AvgIpc) is 3.17.